The number of fused-ring (bicyclic) bond motifs is 3. The van der Waals surface area contributed by atoms with Gasteiger partial charge in [0.15, 0.2) is 0 Å². The van der Waals surface area contributed by atoms with E-state index < -0.39 is 6.36 Å². The van der Waals surface area contributed by atoms with E-state index in [9.17, 15) is 13.2 Å². The van der Waals surface area contributed by atoms with Crippen LogP contribution in [-0.2, 0) is 0 Å². The van der Waals surface area contributed by atoms with Crippen molar-refractivity contribution < 1.29 is 17.9 Å². The van der Waals surface area contributed by atoms with Crippen LogP contribution in [0, 0.1) is 0 Å². The highest BCUT2D eigenvalue weighted by molar-refractivity contribution is 7.17. The SMILES string of the molecule is FC(F)(F)Oc1ccccc1-c1csc2ncnc(N3C4CCC3CC(NC3CCC3)C4)c12. The first-order valence-electron chi connectivity index (χ1n) is 11.6. The Kier molecular flexibility index (Phi) is 5.21. The molecule has 6 rings (SSSR count). The second-order valence-corrected chi connectivity index (χ2v) is 10.2. The fourth-order valence-electron chi connectivity index (χ4n) is 5.72. The zero-order chi connectivity index (χ0) is 22.6. The van der Waals surface area contributed by atoms with Crippen LogP contribution in [0.4, 0.5) is 19.0 Å². The molecule has 174 valence electrons. The van der Waals surface area contributed by atoms with Gasteiger partial charge in [-0.15, -0.1) is 24.5 Å². The summed E-state index contributed by atoms with van der Waals surface area (Å²) in [5.41, 5.74) is 1.10. The van der Waals surface area contributed by atoms with Crippen LogP contribution in [0.3, 0.4) is 0 Å². The van der Waals surface area contributed by atoms with Gasteiger partial charge in [-0.25, -0.2) is 9.97 Å². The fraction of sp³-hybridized carbons (Fsp3) is 0.500. The lowest BCUT2D eigenvalue weighted by molar-refractivity contribution is -0.274. The average Bonchev–Trinajstić information content (AvgIpc) is 3.29. The number of aromatic nitrogens is 2. The molecule has 0 radical (unpaired) electrons. The summed E-state index contributed by atoms with van der Waals surface area (Å²) < 4.78 is 43.5. The van der Waals surface area contributed by atoms with Crippen molar-refractivity contribution in [1.82, 2.24) is 15.3 Å². The van der Waals surface area contributed by atoms with E-state index in [0.717, 1.165) is 41.7 Å². The number of para-hydroxylation sites is 1. The molecule has 3 fully saturated rings. The lowest BCUT2D eigenvalue weighted by Crippen LogP contribution is -2.52. The number of rotatable bonds is 5. The number of nitrogens with zero attached hydrogens (tertiary/aromatic N) is 3. The predicted molar refractivity (Wildman–Crippen MR) is 123 cm³/mol. The van der Waals surface area contributed by atoms with Gasteiger partial charge >= 0.3 is 6.36 Å². The number of nitrogens with one attached hydrogen (secondary N) is 1. The normalized spacial score (nSPS) is 25.4. The van der Waals surface area contributed by atoms with Crippen molar-refractivity contribution >= 4 is 27.4 Å². The smallest absolute Gasteiger partial charge is 0.405 e. The summed E-state index contributed by atoms with van der Waals surface area (Å²) in [4.78, 5) is 12.3. The molecule has 0 spiro atoms. The van der Waals surface area contributed by atoms with Crippen molar-refractivity contribution in [2.24, 2.45) is 0 Å². The summed E-state index contributed by atoms with van der Waals surface area (Å²) in [6.07, 6.45) is 5.09. The van der Waals surface area contributed by atoms with E-state index in [2.05, 4.69) is 24.9 Å². The van der Waals surface area contributed by atoms with Crippen molar-refractivity contribution in [2.75, 3.05) is 4.90 Å². The molecule has 3 aromatic rings. The number of hydrogen-bond acceptors (Lipinski definition) is 6. The van der Waals surface area contributed by atoms with E-state index >= 15 is 0 Å². The molecule has 33 heavy (non-hydrogen) atoms. The Morgan fingerprint density at radius 1 is 0.970 bits per heavy atom. The Bertz CT molecular complexity index is 1150. The van der Waals surface area contributed by atoms with Crippen LogP contribution in [0.2, 0.25) is 0 Å². The quantitative estimate of drug-likeness (QED) is 0.499. The van der Waals surface area contributed by atoms with Crippen LogP contribution >= 0.6 is 11.3 Å². The number of anilines is 1. The number of thiophene rings is 1. The Hall–Kier alpha value is -2.39. The maximum Gasteiger partial charge on any atom is 0.573 e. The Balaban J connectivity index is 1.37. The third-order valence-electron chi connectivity index (χ3n) is 7.31. The van der Waals surface area contributed by atoms with Gasteiger partial charge in [-0.2, -0.15) is 0 Å². The van der Waals surface area contributed by atoms with Crippen molar-refractivity contribution in [2.45, 2.75) is 75.5 Å². The van der Waals surface area contributed by atoms with Gasteiger partial charge in [-0.1, -0.05) is 24.6 Å². The summed E-state index contributed by atoms with van der Waals surface area (Å²) in [6.45, 7) is 0. The van der Waals surface area contributed by atoms with Crippen molar-refractivity contribution in [3.8, 4) is 16.9 Å². The number of piperidine rings is 1. The monoisotopic (exact) mass is 474 g/mol. The van der Waals surface area contributed by atoms with E-state index in [1.165, 1.54) is 36.7 Å². The first kappa shape index (κ1) is 21.2. The average molecular weight is 475 g/mol. The van der Waals surface area contributed by atoms with Crippen molar-refractivity contribution in [3.05, 3.63) is 36.0 Å². The van der Waals surface area contributed by atoms with Crippen molar-refractivity contribution in [3.63, 3.8) is 0 Å². The minimum Gasteiger partial charge on any atom is -0.405 e. The molecule has 2 atom stereocenters. The molecule has 2 saturated heterocycles. The third-order valence-corrected chi connectivity index (χ3v) is 8.19. The predicted octanol–water partition coefficient (Wildman–Crippen LogP) is 5.90. The second kappa shape index (κ2) is 8.13. The van der Waals surface area contributed by atoms with Gasteiger partial charge < -0.3 is 15.0 Å². The molecule has 1 aliphatic carbocycles. The summed E-state index contributed by atoms with van der Waals surface area (Å²) >= 11 is 1.43. The van der Waals surface area contributed by atoms with E-state index in [-0.39, 0.29) is 5.75 Å². The summed E-state index contributed by atoms with van der Waals surface area (Å²) in [5.74, 6) is 0.638. The van der Waals surface area contributed by atoms with E-state index in [4.69, 9.17) is 0 Å². The molecule has 2 aromatic heterocycles. The van der Waals surface area contributed by atoms with Gasteiger partial charge in [0.1, 0.15) is 22.7 Å². The molecule has 2 bridgehead atoms. The number of alkyl halides is 3. The fourth-order valence-corrected chi connectivity index (χ4v) is 6.62. The zero-order valence-corrected chi connectivity index (χ0v) is 18.8. The summed E-state index contributed by atoms with van der Waals surface area (Å²) in [7, 11) is 0. The molecule has 1 N–H and O–H groups in total. The number of ether oxygens (including phenoxy) is 1. The van der Waals surface area contributed by atoms with E-state index in [0.29, 0.717) is 35.3 Å². The van der Waals surface area contributed by atoms with Gasteiger partial charge in [0.2, 0.25) is 0 Å². The first-order chi connectivity index (χ1) is 16.0. The Labute approximate surface area is 194 Å². The number of halogens is 3. The van der Waals surface area contributed by atoms with Gasteiger partial charge in [0.05, 0.1) is 5.39 Å². The van der Waals surface area contributed by atoms with Crippen LogP contribution in [0.1, 0.15) is 44.9 Å². The van der Waals surface area contributed by atoms with Gasteiger partial charge in [-0.3, -0.25) is 0 Å². The maximum atomic E-state index is 13.1. The largest absolute Gasteiger partial charge is 0.573 e. The van der Waals surface area contributed by atoms with Crippen LogP contribution in [0.15, 0.2) is 36.0 Å². The highest BCUT2D eigenvalue weighted by Gasteiger charge is 2.43. The van der Waals surface area contributed by atoms with Gasteiger partial charge in [0, 0.05) is 40.7 Å². The molecule has 4 heterocycles. The highest BCUT2D eigenvalue weighted by atomic mass is 32.1. The minimum atomic E-state index is -4.75. The zero-order valence-electron chi connectivity index (χ0n) is 18.0. The van der Waals surface area contributed by atoms with Crippen LogP contribution < -0.4 is 15.0 Å². The molecule has 1 saturated carbocycles. The number of hydrogen-bond donors (Lipinski definition) is 1. The Morgan fingerprint density at radius 2 is 1.73 bits per heavy atom. The van der Waals surface area contributed by atoms with Crippen LogP contribution in [-0.4, -0.2) is 40.5 Å². The topological polar surface area (TPSA) is 50.3 Å². The Morgan fingerprint density at radius 3 is 2.42 bits per heavy atom. The summed E-state index contributed by atoms with van der Waals surface area (Å²) in [6, 6.07) is 8.27. The van der Waals surface area contributed by atoms with Gasteiger partial charge in [-0.05, 0) is 44.6 Å². The molecule has 5 nitrogen and oxygen atoms in total. The van der Waals surface area contributed by atoms with Crippen LogP contribution in [0.25, 0.3) is 21.3 Å². The second-order valence-electron chi connectivity index (χ2n) is 9.33. The number of benzene rings is 1. The maximum absolute atomic E-state index is 13.1. The highest BCUT2D eigenvalue weighted by Crippen LogP contribution is 2.46. The lowest BCUT2D eigenvalue weighted by atomic mass is 9.89. The molecular weight excluding hydrogens is 449 g/mol. The van der Waals surface area contributed by atoms with Crippen LogP contribution in [0.5, 0.6) is 5.75 Å². The molecule has 2 unspecified atom stereocenters. The van der Waals surface area contributed by atoms with Gasteiger partial charge in [0.25, 0.3) is 0 Å². The molecule has 9 heteroatoms. The first-order valence-corrected chi connectivity index (χ1v) is 12.5. The summed E-state index contributed by atoms with van der Waals surface area (Å²) in [5, 5.41) is 6.54. The lowest BCUT2D eigenvalue weighted by Gasteiger charge is -2.42. The minimum absolute atomic E-state index is 0.203. The van der Waals surface area contributed by atoms with E-state index in [1.807, 2.05) is 5.38 Å². The molecule has 0 amide bonds. The molecule has 1 aromatic carbocycles. The molecule has 3 aliphatic rings. The molecule has 2 aliphatic heterocycles. The van der Waals surface area contributed by atoms with E-state index in [1.54, 1.807) is 24.5 Å². The van der Waals surface area contributed by atoms with Crippen molar-refractivity contribution in [1.29, 1.82) is 0 Å². The standard InChI is InChI=1S/C24H25F3N4OS/c25-24(26,27)32-20-7-2-1-6-18(20)19-12-33-23-21(19)22(28-13-29-23)31-16-8-9-17(31)11-15(10-16)30-14-4-3-5-14/h1-2,6-7,12-17,30H,3-5,8-11H2. The third kappa shape index (κ3) is 3.95. The molecular formula is C24H25F3N4OS.